The molecule has 1 amide bonds. The molecule has 2 N–H and O–H groups in total. The predicted molar refractivity (Wildman–Crippen MR) is 131 cm³/mol. The summed E-state index contributed by atoms with van der Waals surface area (Å²) in [5, 5.41) is 7.49. The topological polar surface area (TPSA) is 63.2 Å². The van der Waals surface area contributed by atoms with Gasteiger partial charge in [-0.3, -0.25) is 4.79 Å². The zero-order valence-electron chi connectivity index (χ0n) is 18.3. The fourth-order valence-corrected chi connectivity index (χ4v) is 4.47. The van der Waals surface area contributed by atoms with E-state index < -0.39 is 0 Å². The van der Waals surface area contributed by atoms with E-state index >= 15 is 0 Å². The van der Waals surface area contributed by atoms with Crippen molar-refractivity contribution < 1.29 is 9.53 Å². The number of carbonyl (C=O) groups excluding carboxylic acids is 1. The minimum absolute atomic E-state index is 0.129. The van der Waals surface area contributed by atoms with Crippen molar-refractivity contribution in [3.8, 4) is 5.75 Å². The summed E-state index contributed by atoms with van der Waals surface area (Å²) < 4.78 is 5.33. The second kappa shape index (κ2) is 9.66. The van der Waals surface area contributed by atoms with Gasteiger partial charge in [0.15, 0.2) is 0 Å². The SMILES string of the molecule is COc1ccc([C@H](Nc2cccc(C)n2)c2cc(C)sc2NC(=O)c2ccccc2)cc1. The Morgan fingerprint density at radius 1 is 0.969 bits per heavy atom. The average molecular weight is 444 g/mol. The fourth-order valence-electron chi connectivity index (χ4n) is 3.52. The Morgan fingerprint density at radius 3 is 2.41 bits per heavy atom. The molecule has 5 nitrogen and oxygen atoms in total. The first-order valence-corrected chi connectivity index (χ1v) is 11.2. The number of aromatic nitrogens is 1. The summed E-state index contributed by atoms with van der Waals surface area (Å²) in [6.45, 7) is 4.01. The minimum atomic E-state index is -0.203. The van der Waals surface area contributed by atoms with Crippen molar-refractivity contribution in [1.29, 1.82) is 0 Å². The molecule has 4 rings (SSSR count). The van der Waals surface area contributed by atoms with E-state index in [0.29, 0.717) is 5.56 Å². The maximum Gasteiger partial charge on any atom is 0.256 e. The van der Waals surface area contributed by atoms with Gasteiger partial charge in [0.25, 0.3) is 5.91 Å². The third-order valence-electron chi connectivity index (χ3n) is 5.09. The van der Waals surface area contributed by atoms with Gasteiger partial charge >= 0.3 is 0 Å². The van der Waals surface area contributed by atoms with Gasteiger partial charge in [-0.2, -0.15) is 0 Å². The van der Waals surface area contributed by atoms with Crippen LogP contribution >= 0.6 is 11.3 Å². The third kappa shape index (κ3) is 4.98. The highest BCUT2D eigenvalue weighted by Gasteiger charge is 2.22. The Hall–Kier alpha value is -3.64. The number of carbonyl (C=O) groups is 1. The molecule has 0 aliphatic heterocycles. The van der Waals surface area contributed by atoms with Crippen LogP contribution in [0.1, 0.15) is 38.1 Å². The van der Waals surface area contributed by atoms with E-state index in [1.807, 2.05) is 86.6 Å². The number of ether oxygens (including phenoxy) is 1. The number of nitrogens with zero attached hydrogens (tertiary/aromatic N) is 1. The number of thiophene rings is 1. The molecular formula is C26H25N3O2S. The van der Waals surface area contributed by atoms with Crippen LogP contribution in [0.4, 0.5) is 10.8 Å². The minimum Gasteiger partial charge on any atom is -0.497 e. The summed E-state index contributed by atoms with van der Waals surface area (Å²) in [6.07, 6.45) is 0. The lowest BCUT2D eigenvalue weighted by Crippen LogP contribution is -2.17. The third-order valence-corrected chi connectivity index (χ3v) is 6.07. The van der Waals surface area contributed by atoms with Gasteiger partial charge in [-0.1, -0.05) is 36.4 Å². The van der Waals surface area contributed by atoms with Crippen LogP contribution in [0.25, 0.3) is 0 Å². The summed E-state index contributed by atoms with van der Waals surface area (Å²) in [5.41, 5.74) is 3.59. The number of methoxy groups -OCH3 is 1. The number of hydrogen-bond acceptors (Lipinski definition) is 5. The number of hydrogen-bond donors (Lipinski definition) is 2. The van der Waals surface area contributed by atoms with Crippen molar-refractivity contribution in [3.63, 3.8) is 0 Å². The lowest BCUT2D eigenvalue weighted by molar-refractivity contribution is 0.102. The van der Waals surface area contributed by atoms with Crippen molar-refractivity contribution >= 4 is 28.1 Å². The first kappa shape index (κ1) is 21.6. The fraction of sp³-hybridized carbons (Fsp3) is 0.154. The van der Waals surface area contributed by atoms with Crippen molar-refractivity contribution in [2.45, 2.75) is 19.9 Å². The number of nitrogens with one attached hydrogen (secondary N) is 2. The highest BCUT2D eigenvalue weighted by Crippen LogP contribution is 2.38. The summed E-state index contributed by atoms with van der Waals surface area (Å²) in [5.74, 6) is 1.44. The summed E-state index contributed by atoms with van der Waals surface area (Å²) in [4.78, 5) is 18.6. The van der Waals surface area contributed by atoms with Crippen LogP contribution < -0.4 is 15.4 Å². The van der Waals surface area contributed by atoms with Crippen LogP contribution in [-0.2, 0) is 0 Å². The Morgan fingerprint density at radius 2 is 1.72 bits per heavy atom. The van der Waals surface area contributed by atoms with Gasteiger partial charge in [0.05, 0.1) is 13.2 Å². The van der Waals surface area contributed by atoms with E-state index in [9.17, 15) is 4.79 Å². The highest BCUT2D eigenvalue weighted by atomic mass is 32.1. The number of anilines is 2. The molecule has 2 heterocycles. The molecule has 0 aliphatic carbocycles. The number of aryl methyl sites for hydroxylation is 2. The molecule has 1 atom stereocenters. The smallest absolute Gasteiger partial charge is 0.256 e. The van der Waals surface area contributed by atoms with Gasteiger partial charge in [-0.15, -0.1) is 11.3 Å². The van der Waals surface area contributed by atoms with Gasteiger partial charge in [0.2, 0.25) is 0 Å². The predicted octanol–water partition coefficient (Wildman–Crippen LogP) is 6.22. The number of pyridine rings is 1. The summed E-state index contributed by atoms with van der Waals surface area (Å²) in [7, 11) is 1.65. The van der Waals surface area contributed by atoms with Crippen molar-refractivity contribution in [2.24, 2.45) is 0 Å². The number of benzene rings is 2. The number of amides is 1. The Bertz CT molecular complexity index is 1200. The van der Waals surface area contributed by atoms with E-state index in [-0.39, 0.29) is 11.9 Å². The molecule has 4 aromatic rings. The maximum absolute atomic E-state index is 12.9. The number of rotatable bonds is 7. The molecule has 0 aliphatic rings. The molecule has 6 heteroatoms. The maximum atomic E-state index is 12.9. The van der Waals surface area contributed by atoms with Crippen LogP contribution in [-0.4, -0.2) is 18.0 Å². The molecular weight excluding hydrogens is 418 g/mol. The van der Waals surface area contributed by atoms with Gasteiger partial charge in [0, 0.05) is 21.7 Å². The normalized spacial score (nSPS) is 11.6. The Labute approximate surface area is 192 Å². The lowest BCUT2D eigenvalue weighted by Gasteiger charge is -2.21. The standard InChI is InChI=1S/C26H25N3O2S/c1-17-8-7-11-23(27-17)28-24(19-12-14-21(31-3)15-13-19)22-16-18(2)32-26(22)29-25(30)20-9-5-4-6-10-20/h4-16,24H,1-3H3,(H,27,28)(H,29,30)/t24-/m0/s1. The Balaban J connectivity index is 1.72. The van der Waals surface area contributed by atoms with Gasteiger partial charge < -0.3 is 15.4 Å². The van der Waals surface area contributed by atoms with Crippen molar-refractivity contribution in [2.75, 3.05) is 17.7 Å². The van der Waals surface area contributed by atoms with E-state index in [2.05, 4.69) is 21.7 Å². The molecule has 2 aromatic heterocycles. The average Bonchev–Trinajstić information content (AvgIpc) is 3.17. The molecule has 2 aromatic carbocycles. The molecule has 32 heavy (non-hydrogen) atoms. The molecule has 0 unspecified atom stereocenters. The zero-order valence-corrected chi connectivity index (χ0v) is 19.1. The van der Waals surface area contributed by atoms with Gasteiger partial charge in [-0.25, -0.2) is 4.98 Å². The molecule has 0 fully saturated rings. The zero-order chi connectivity index (χ0) is 22.5. The molecule has 0 saturated heterocycles. The van der Waals surface area contributed by atoms with Crippen molar-refractivity contribution in [3.05, 3.63) is 106 Å². The first-order chi connectivity index (χ1) is 15.5. The molecule has 0 spiro atoms. The molecule has 162 valence electrons. The molecule has 0 bridgehead atoms. The van der Waals surface area contributed by atoms with Crippen molar-refractivity contribution in [1.82, 2.24) is 4.98 Å². The molecule has 0 saturated carbocycles. The first-order valence-electron chi connectivity index (χ1n) is 10.3. The van der Waals surface area contributed by atoms with Crippen LogP contribution in [0.15, 0.2) is 78.9 Å². The van der Waals surface area contributed by atoms with Crippen LogP contribution in [0.2, 0.25) is 0 Å². The van der Waals surface area contributed by atoms with E-state index in [0.717, 1.165) is 38.3 Å². The Kier molecular flexibility index (Phi) is 6.52. The van der Waals surface area contributed by atoms with E-state index in [1.165, 1.54) is 0 Å². The lowest BCUT2D eigenvalue weighted by atomic mass is 9.99. The van der Waals surface area contributed by atoms with E-state index in [4.69, 9.17) is 4.74 Å². The second-order valence-corrected chi connectivity index (χ2v) is 8.73. The van der Waals surface area contributed by atoms with Crippen LogP contribution in [0.5, 0.6) is 5.75 Å². The van der Waals surface area contributed by atoms with Crippen LogP contribution in [0, 0.1) is 13.8 Å². The van der Waals surface area contributed by atoms with E-state index in [1.54, 1.807) is 18.4 Å². The highest BCUT2D eigenvalue weighted by molar-refractivity contribution is 7.16. The summed E-state index contributed by atoms with van der Waals surface area (Å²) >= 11 is 1.56. The quantitative estimate of drug-likeness (QED) is 0.356. The van der Waals surface area contributed by atoms with Crippen LogP contribution in [0.3, 0.4) is 0 Å². The monoisotopic (exact) mass is 443 g/mol. The summed E-state index contributed by atoms with van der Waals surface area (Å²) in [6, 6.07) is 25.0. The second-order valence-electron chi connectivity index (χ2n) is 7.48. The molecule has 0 radical (unpaired) electrons. The largest absolute Gasteiger partial charge is 0.497 e. The van der Waals surface area contributed by atoms with Gasteiger partial charge in [-0.05, 0) is 61.9 Å². The van der Waals surface area contributed by atoms with Gasteiger partial charge in [0.1, 0.15) is 16.6 Å².